The second-order valence-corrected chi connectivity index (χ2v) is 11.5. The predicted molar refractivity (Wildman–Crippen MR) is 137 cm³/mol. The number of nitrogens with zero attached hydrogens (tertiary/aromatic N) is 2. The van der Waals surface area contributed by atoms with E-state index in [9.17, 15) is 35.8 Å². The Morgan fingerprint density at radius 1 is 1.07 bits per heavy atom. The van der Waals surface area contributed by atoms with E-state index in [0.717, 1.165) is 5.56 Å². The van der Waals surface area contributed by atoms with Crippen molar-refractivity contribution in [1.82, 2.24) is 4.98 Å². The lowest BCUT2D eigenvalue weighted by Gasteiger charge is -2.41. The largest absolute Gasteiger partial charge is 0.416 e. The van der Waals surface area contributed by atoms with Crippen LogP contribution in [0.4, 0.5) is 35.9 Å². The van der Waals surface area contributed by atoms with E-state index in [2.05, 4.69) is 9.88 Å². The average Bonchev–Trinajstić information content (AvgIpc) is 3.55. The number of aliphatic hydroxyl groups excluding tert-OH is 1. The van der Waals surface area contributed by atoms with Crippen LogP contribution in [0, 0.1) is 24.6 Å². The molecule has 2 aliphatic rings. The average molecular weight is 605 g/mol. The maximum atomic E-state index is 14.0. The zero-order chi connectivity index (χ0) is 29.7. The fourth-order valence-electron chi connectivity index (χ4n) is 5.68. The molecular formula is C28H27F7N2O3S. The highest BCUT2D eigenvalue weighted by Crippen LogP contribution is 2.47. The minimum atomic E-state index is -4.99. The van der Waals surface area contributed by atoms with Gasteiger partial charge in [0.2, 0.25) is 0 Å². The van der Waals surface area contributed by atoms with Gasteiger partial charge in [-0.05, 0) is 66.8 Å². The van der Waals surface area contributed by atoms with Crippen molar-refractivity contribution in [3.05, 3.63) is 81.1 Å². The molecule has 5 rings (SSSR count). The van der Waals surface area contributed by atoms with Crippen LogP contribution in [0.5, 0.6) is 0 Å². The number of alkyl halides is 6. The Bertz CT molecular complexity index is 1360. The normalized spacial score (nSPS) is 24.0. The molecule has 1 N–H and O–H groups in total. The number of rotatable bonds is 6. The number of aliphatic hydroxyl groups is 1. The summed E-state index contributed by atoms with van der Waals surface area (Å²) in [4.78, 5) is 7.15. The number of hydrogen-bond donors (Lipinski definition) is 1. The van der Waals surface area contributed by atoms with Crippen molar-refractivity contribution < 1.29 is 45.3 Å². The molecule has 2 aliphatic heterocycles. The van der Waals surface area contributed by atoms with Crippen molar-refractivity contribution in [2.75, 3.05) is 24.6 Å². The van der Waals surface area contributed by atoms with Gasteiger partial charge in [0, 0.05) is 31.1 Å². The highest BCUT2D eigenvalue weighted by molar-refractivity contribution is 7.15. The van der Waals surface area contributed by atoms with Gasteiger partial charge < -0.3 is 19.5 Å². The summed E-state index contributed by atoms with van der Waals surface area (Å²) in [5.74, 6) is -1.03. The molecule has 0 saturated carbocycles. The van der Waals surface area contributed by atoms with E-state index < -0.39 is 47.6 Å². The smallest absolute Gasteiger partial charge is 0.391 e. The molecule has 3 heterocycles. The Balaban J connectivity index is 1.47. The van der Waals surface area contributed by atoms with Crippen LogP contribution in [0.2, 0.25) is 0 Å². The quantitative estimate of drug-likeness (QED) is 0.305. The third kappa shape index (κ3) is 6.23. The number of benzene rings is 2. The molecule has 0 unspecified atom stereocenters. The Labute approximate surface area is 235 Å². The number of anilines is 1. The van der Waals surface area contributed by atoms with Crippen LogP contribution in [0.3, 0.4) is 0 Å². The van der Waals surface area contributed by atoms with Crippen molar-refractivity contribution in [2.24, 2.45) is 11.8 Å². The number of aryl methyl sites for hydroxylation is 1. The van der Waals surface area contributed by atoms with Gasteiger partial charge in [-0.1, -0.05) is 17.4 Å². The molecule has 222 valence electrons. The molecule has 2 fully saturated rings. The van der Waals surface area contributed by atoms with Gasteiger partial charge in [0.15, 0.2) is 11.4 Å². The van der Waals surface area contributed by atoms with Gasteiger partial charge in [-0.25, -0.2) is 9.37 Å². The summed E-state index contributed by atoms with van der Waals surface area (Å²) < 4.78 is 107. The molecule has 0 bridgehead atoms. The summed E-state index contributed by atoms with van der Waals surface area (Å²) in [5, 5.41) is 10.2. The van der Waals surface area contributed by atoms with E-state index in [1.54, 1.807) is 19.2 Å². The molecular weight excluding hydrogens is 577 g/mol. The van der Waals surface area contributed by atoms with E-state index in [0.29, 0.717) is 40.8 Å². The number of thiazole rings is 1. The molecule has 0 amide bonds. The fraction of sp³-hybridized carbons (Fsp3) is 0.464. The lowest BCUT2D eigenvalue weighted by atomic mass is 9.76. The summed E-state index contributed by atoms with van der Waals surface area (Å²) >= 11 is 1.35. The lowest BCUT2D eigenvalue weighted by molar-refractivity contribution is -0.217. The third-order valence-corrected chi connectivity index (χ3v) is 8.74. The minimum absolute atomic E-state index is 0.00600. The highest BCUT2D eigenvalue weighted by Gasteiger charge is 2.48. The second kappa shape index (κ2) is 11.2. The molecule has 0 spiro atoms. The van der Waals surface area contributed by atoms with Gasteiger partial charge in [0.25, 0.3) is 0 Å². The Morgan fingerprint density at radius 3 is 2.34 bits per heavy atom. The molecule has 41 heavy (non-hydrogen) atoms. The van der Waals surface area contributed by atoms with Crippen LogP contribution in [0.15, 0.2) is 42.6 Å². The maximum absolute atomic E-state index is 14.0. The Kier molecular flexibility index (Phi) is 8.09. The van der Waals surface area contributed by atoms with Crippen molar-refractivity contribution in [1.29, 1.82) is 0 Å². The summed E-state index contributed by atoms with van der Waals surface area (Å²) in [5.41, 5.74) is -1.81. The lowest BCUT2D eigenvalue weighted by Crippen LogP contribution is -2.42. The van der Waals surface area contributed by atoms with Crippen molar-refractivity contribution >= 4 is 16.5 Å². The Morgan fingerprint density at radius 2 is 1.76 bits per heavy atom. The van der Waals surface area contributed by atoms with Crippen LogP contribution in [0.25, 0.3) is 0 Å². The third-order valence-electron chi connectivity index (χ3n) is 7.70. The fourth-order valence-corrected chi connectivity index (χ4v) is 6.47. The minimum Gasteiger partial charge on any atom is -0.391 e. The van der Waals surface area contributed by atoms with Gasteiger partial charge >= 0.3 is 12.4 Å². The summed E-state index contributed by atoms with van der Waals surface area (Å²) in [6.07, 6.45) is -10.6. The number of halogens is 7. The number of hydrogen-bond acceptors (Lipinski definition) is 6. The first-order valence-electron chi connectivity index (χ1n) is 12.9. The molecule has 2 saturated heterocycles. The van der Waals surface area contributed by atoms with Gasteiger partial charge in [0.1, 0.15) is 5.82 Å². The van der Waals surface area contributed by atoms with E-state index in [1.807, 2.05) is 0 Å². The first-order valence-corrected chi connectivity index (χ1v) is 13.7. The van der Waals surface area contributed by atoms with E-state index in [4.69, 9.17) is 9.47 Å². The van der Waals surface area contributed by atoms with E-state index >= 15 is 0 Å². The van der Waals surface area contributed by atoms with Crippen LogP contribution < -0.4 is 4.90 Å². The summed E-state index contributed by atoms with van der Waals surface area (Å²) in [6.45, 7) is 4.31. The molecule has 5 atom stereocenters. The predicted octanol–water partition coefficient (Wildman–Crippen LogP) is 7.09. The Hall–Kier alpha value is -2.74. The van der Waals surface area contributed by atoms with Crippen LogP contribution >= 0.6 is 11.3 Å². The topological polar surface area (TPSA) is 54.8 Å². The molecule has 0 aliphatic carbocycles. The molecule has 5 nitrogen and oxygen atoms in total. The van der Waals surface area contributed by atoms with Gasteiger partial charge in [-0.15, -0.1) is 0 Å². The van der Waals surface area contributed by atoms with Gasteiger partial charge in [0.05, 0.1) is 35.3 Å². The molecule has 13 heteroatoms. The first kappa shape index (κ1) is 29.7. The monoisotopic (exact) mass is 604 g/mol. The number of ether oxygens (including phenoxy) is 2. The van der Waals surface area contributed by atoms with Gasteiger partial charge in [-0.2, -0.15) is 26.3 Å². The van der Waals surface area contributed by atoms with Crippen molar-refractivity contribution in [3.8, 4) is 0 Å². The number of aromatic nitrogens is 1. The second-order valence-electron chi connectivity index (χ2n) is 10.4. The number of fused-ring (bicyclic) bond motifs is 1. The zero-order valence-electron chi connectivity index (χ0n) is 22.0. The van der Waals surface area contributed by atoms with E-state index in [-0.39, 0.29) is 36.7 Å². The van der Waals surface area contributed by atoms with Gasteiger partial charge in [-0.3, -0.25) is 0 Å². The maximum Gasteiger partial charge on any atom is 0.416 e. The molecule has 2 aromatic carbocycles. The highest BCUT2D eigenvalue weighted by atomic mass is 32.1. The van der Waals surface area contributed by atoms with Crippen LogP contribution in [-0.2, 0) is 28.4 Å². The SMILES string of the molecule is Cc1cc(F)ccc1[C@@H]1[C@@H](O[C@H](C)c2cc(C(F)(F)F)cc(C(F)(F)F)c2)OC[C@@H]2CN(c3ncc(CO)s3)C[C@H]21. The molecule has 1 aromatic heterocycles. The zero-order valence-corrected chi connectivity index (χ0v) is 22.8. The van der Waals surface area contributed by atoms with Crippen LogP contribution in [-0.4, -0.2) is 36.1 Å². The first-order chi connectivity index (χ1) is 19.2. The standard InChI is InChI=1S/C28H27F7N2O3S/c1-14-5-20(29)3-4-22(14)24-23-11-37(26-36-9-21(12-38)41-26)10-17(23)13-39-25(24)40-15(2)16-6-18(27(30,31)32)8-19(7-16)28(33,34)35/h3-9,15,17,23-25,38H,10-13H2,1-2H3/t15-,17+,23-,24+,25-/m1/s1. The van der Waals surface area contributed by atoms with Crippen molar-refractivity contribution in [2.45, 2.75) is 51.1 Å². The van der Waals surface area contributed by atoms with Crippen LogP contribution in [0.1, 0.15) is 51.6 Å². The van der Waals surface area contributed by atoms with E-state index in [1.165, 1.54) is 30.4 Å². The summed E-state index contributed by atoms with van der Waals surface area (Å²) in [6, 6.07) is 5.67. The molecule has 3 aromatic rings. The van der Waals surface area contributed by atoms with Crippen molar-refractivity contribution in [3.63, 3.8) is 0 Å². The summed E-state index contributed by atoms with van der Waals surface area (Å²) in [7, 11) is 0. The molecule has 0 radical (unpaired) electrons.